The molecule has 8 heteroatoms. The van der Waals surface area contributed by atoms with Gasteiger partial charge in [-0.3, -0.25) is 14.5 Å². The van der Waals surface area contributed by atoms with Crippen LogP contribution >= 0.6 is 0 Å². The number of amides is 2. The van der Waals surface area contributed by atoms with Gasteiger partial charge in [-0.1, -0.05) is 48.5 Å². The third kappa shape index (κ3) is 4.62. The monoisotopic (exact) mass is 477 g/mol. The highest BCUT2D eigenvalue weighted by atomic mass is 16.5. The quantitative estimate of drug-likeness (QED) is 0.664. The van der Waals surface area contributed by atoms with Crippen LogP contribution in [0.3, 0.4) is 0 Å². The van der Waals surface area contributed by atoms with E-state index in [1.807, 2.05) is 34.1 Å². The molecule has 1 unspecified atom stereocenters. The smallest absolute Gasteiger partial charge is 0.407 e. The summed E-state index contributed by atoms with van der Waals surface area (Å²) in [6, 6.07) is 15.9. The number of rotatable bonds is 6. The molecule has 35 heavy (non-hydrogen) atoms. The zero-order valence-corrected chi connectivity index (χ0v) is 19.9. The number of aliphatic carboxylic acids is 1. The minimum Gasteiger partial charge on any atom is -0.480 e. The van der Waals surface area contributed by atoms with Crippen molar-refractivity contribution in [3.05, 3.63) is 59.7 Å². The fraction of sp³-hybridized carbons (Fsp3) is 0.444. The van der Waals surface area contributed by atoms with E-state index in [0.717, 1.165) is 0 Å². The topological polar surface area (TPSA) is 99.2 Å². The second-order valence-corrected chi connectivity index (χ2v) is 9.71. The Morgan fingerprint density at radius 3 is 2.11 bits per heavy atom. The van der Waals surface area contributed by atoms with E-state index in [1.165, 1.54) is 22.3 Å². The molecule has 1 heterocycles. The molecule has 0 bridgehead atoms. The summed E-state index contributed by atoms with van der Waals surface area (Å²) in [6.45, 7) is 4.15. The molecule has 5 rings (SSSR count). The first-order chi connectivity index (χ1) is 16.9. The summed E-state index contributed by atoms with van der Waals surface area (Å²) >= 11 is 0. The largest absolute Gasteiger partial charge is 0.480 e. The molecule has 1 atom stereocenters. The van der Waals surface area contributed by atoms with Gasteiger partial charge in [0.2, 0.25) is 5.91 Å². The molecule has 1 aliphatic heterocycles. The van der Waals surface area contributed by atoms with Crippen molar-refractivity contribution in [3.8, 4) is 11.1 Å². The van der Waals surface area contributed by atoms with Crippen molar-refractivity contribution in [1.82, 2.24) is 15.1 Å². The molecule has 0 radical (unpaired) electrons. The molecule has 8 nitrogen and oxygen atoms in total. The average molecular weight is 478 g/mol. The molecule has 2 aromatic rings. The maximum absolute atomic E-state index is 12.8. The van der Waals surface area contributed by atoms with Gasteiger partial charge in [-0.05, 0) is 42.0 Å². The van der Waals surface area contributed by atoms with E-state index >= 15 is 0 Å². The van der Waals surface area contributed by atoms with E-state index in [9.17, 15) is 14.4 Å². The molecule has 1 saturated heterocycles. The van der Waals surface area contributed by atoms with E-state index in [1.54, 1.807) is 6.92 Å². The second-order valence-electron chi connectivity index (χ2n) is 9.71. The number of hydrogen-bond acceptors (Lipinski definition) is 5. The second kappa shape index (κ2) is 9.70. The lowest BCUT2D eigenvalue weighted by molar-refractivity contribution is -0.145. The van der Waals surface area contributed by atoms with Gasteiger partial charge in [0.05, 0.1) is 0 Å². The number of hydrogen-bond donors (Lipinski definition) is 2. The van der Waals surface area contributed by atoms with Gasteiger partial charge in [0.15, 0.2) is 0 Å². The molecule has 2 aliphatic carbocycles. The first-order valence-corrected chi connectivity index (χ1v) is 12.3. The number of nitrogens with one attached hydrogen (secondary N) is 1. The number of alkyl carbamates (subject to hydrolysis) is 1. The van der Waals surface area contributed by atoms with Crippen molar-refractivity contribution in [2.24, 2.45) is 5.92 Å². The highest BCUT2D eigenvalue weighted by Crippen LogP contribution is 2.44. The zero-order chi connectivity index (χ0) is 24.5. The van der Waals surface area contributed by atoms with Gasteiger partial charge in [0.1, 0.15) is 12.6 Å². The molecule has 2 amide bonds. The Bertz CT molecular complexity index is 1080. The van der Waals surface area contributed by atoms with Gasteiger partial charge in [-0.25, -0.2) is 4.79 Å². The van der Waals surface area contributed by atoms with Gasteiger partial charge < -0.3 is 20.1 Å². The number of carbonyl (C=O) groups is 3. The predicted octanol–water partition coefficient (Wildman–Crippen LogP) is 2.92. The lowest BCUT2D eigenvalue weighted by atomic mass is 9.79. The fourth-order valence-electron chi connectivity index (χ4n) is 5.49. The lowest BCUT2D eigenvalue weighted by Gasteiger charge is -2.41. The van der Waals surface area contributed by atoms with Crippen molar-refractivity contribution in [2.75, 3.05) is 32.8 Å². The molecular formula is C27H31N3O5. The molecule has 0 spiro atoms. The van der Waals surface area contributed by atoms with Crippen molar-refractivity contribution in [3.63, 3.8) is 0 Å². The number of carboxylic acid groups (broad SMARTS) is 1. The Morgan fingerprint density at radius 1 is 0.971 bits per heavy atom. The van der Waals surface area contributed by atoms with E-state index in [-0.39, 0.29) is 30.4 Å². The van der Waals surface area contributed by atoms with Crippen LogP contribution in [0.2, 0.25) is 0 Å². The van der Waals surface area contributed by atoms with Gasteiger partial charge >= 0.3 is 12.1 Å². The first kappa shape index (κ1) is 23.4. The Kier molecular flexibility index (Phi) is 6.47. The van der Waals surface area contributed by atoms with Crippen molar-refractivity contribution in [1.29, 1.82) is 0 Å². The summed E-state index contributed by atoms with van der Waals surface area (Å²) in [7, 11) is 0. The molecule has 2 N–H and O–H groups in total. The summed E-state index contributed by atoms with van der Waals surface area (Å²) in [6.07, 6.45) is 0.767. The average Bonchev–Trinajstić information content (AvgIpc) is 3.17. The third-order valence-electron chi connectivity index (χ3n) is 7.68. The maximum atomic E-state index is 12.8. The molecular weight excluding hydrogens is 446 g/mol. The van der Waals surface area contributed by atoms with Gasteiger partial charge in [0, 0.05) is 44.1 Å². The zero-order valence-electron chi connectivity index (χ0n) is 19.9. The highest BCUT2D eigenvalue weighted by Gasteiger charge is 2.39. The molecule has 2 aromatic carbocycles. The van der Waals surface area contributed by atoms with Crippen LogP contribution in [0.5, 0.6) is 0 Å². The number of nitrogens with zero attached hydrogens (tertiary/aromatic N) is 2. The summed E-state index contributed by atoms with van der Waals surface area (Å²) < 4.78 is 5.61. The first-order valence-electron chi connectivity index (χ1n) is 12.3. The summed E-state index contributed by atoms with van der Waals surface area (Å²) in [4.78, 5) is 40.1. The number of benzene rings is 2. The van der Waals surface area contributed by atoms with E-state index in [4.69, 9.17) is 9.84 Å². The molecule has 184 valence electrons. The maximum Gasteiger partial charge on any atom is 0.407 e. The molecule has 1 saturated carbocycles. The summed E-state index contributed by atoms with van der Waals surface area (Å²) in [5, 5.41) is 12.1. The molecule has 0 aromatic heterocycles. The Morgan fingerprint density at radius 2 is 1.54 bits per heavy atom. The fourth-order valence-corrected chi connectivity index (χ4v) is 5.49. The Labute approximate surface area is 204 Å². The van der Waals surface area contributed by atoms with Gasteiger partial charge in [-0.15, -0.1) is 0 Å². The Balaban J connectivity index is 1.07. The number of carboxylic acids is 1. The number of carbonyl (C=O) groups excluding carboxylic acids is 2. The number of ether oxygens (including phenoxy) is 1. The van der Waals surface area contributed by atoms with Crippen LogP contribution in [-0.4, -0.2) is 77.7 Å². The van der Waals surface area contributed by atoms with Crippen LogP contribution in [0, 0.1) is 5.92 Å². The minimum atomic E-state index is -0.842. The Hall–Kier alpha value is -3.39. The highest BCUT2D eigenvalue weighted by molar-refractivity contribution is 5.81. The SMILES string of the molecule is CC(C(=O)O)N1CCN(C(=O)C2CC(NC(=O)OCC3c4ccccc4-c4ccccc43)C2)CC1. The van der Waals surface area contributed by atoms with Gasteiger partial charge in [0.25, 0.3) is 0 Å². The van der Waals surface area contributed by atoms with Crippen molar-refractivity contribution < 1.29 is 24.2 Å². The van der Waals surface area contributed by atoms with Crippen molar-refractivity contribution >= 4 is 18.0 Å². The number of fused-ring (bicyclic) bond motifs is 3. The minimum absolute atomic E-state index is 0.0198. The standard InChI is InChI=1S/C27H31N3O5/c1-17(26(32)33)29-10-12-30(13-11-29)25(31)18-14-19(15-18)28-27(34)35-16-24-22-8-4-2-6-20(22)21-7-3-5-9-23(21)24/h2-9,17-19,24H,10-16H2,1H3,(H,28,34)(H,32,33). The van der Waals surface area contributed by atoms with Crippen LogP contribution in [-0.2, 0) is 14.3 Å². The van der Waals surface area contributed by atoms with E-state index in [2.05, 4.69) is 29.6 Å². The van der Waals surface area contributed by atoms with Crippen LogP contribution in [0.25, 0.3) is 11.1 Å². The normalized spacial score (nSPS) is 22.5. The van der Waals surface area contributed by atoms with Gasteiger partial charge in [-0.2, -0.15) is 0 Å². The van der Waals surface area contributed by atoms with E-state index in [0.29, 0.717) is 39.0 Å². The van der Waals surface area contributed by atoms with Crippen LogP contribution in [0.15, 0.2) is 48.5 Å². The lowest BCUT2D eigenvalue weighted by Crippen LogP contribution is -2.56. The number of piperazine rings is 1. The predicted molar refractivity (Wildman–Crippen MR) is 130 cm³/mol. The van der Waals surface area contributed by atoms with Crippen LogP contribution in [0.4, 0.5) is 4.79 Å². The summed E-state index contributed by atoms with van der Waals surface area (Å²) in [5.41, 5.74) is 4.73. The molecule has 2 fully saturated rings. The third-order valence-corrected chi connectivity index (χ3v) is 7.68. The van der Waals surface area contributed by atoms with Crippen molar-refractivity contribution in [2.45, 2.75) is 37.8 Å². The van der Waals surface area contributed by atoms with Crippen LogP contribution in [0.1, 0.15) is 36.8 Å². The summed E-state index contributed by atoms with van der Waals surface area (Å²) in [5.74, 6) is -0.826. The van der Waals surface area contributed by atoms with E-state index < -0.39 is 18.1 Å². The molecule has 3 aliphatic rings. The van der Waals surface area contributed by atoms with Crippen LogP contribution < -0.4 is 5.32 Å².